The van der Waals surface area contributed by atoms with E-state index >= 15 is 0 Å². The van der Waals surface area contributed by atoms with Crippen molar-refractivity contribution in [2.75, 3.05) is 0 Å². The highest BCUT2D eigenvalue weighted by Gasteiger charge is 2.77. The molecular formula is C25H31NO. The summed E-state index contributed by atoms with van der Waals surface area (Å²) < 4.78 is 0. The normalized spacial score (nSPS) is 47.5. The molecule has 0 radical (unpaired) electrons. The van der Waals surface area contributed by atoms with Gasteiger partial charge in [-0.3, -0.25) is 4.79 Å². The molecule has 7 atom stereocenters. The molecule has 142 valence electrons. The lowest BCUT2D eigenvalue weighted by Crippen LogP contribution is -2.56. The highest BCUT2D eigenvalue weighted by molar-refractivity contribution is 5.87. The van der Waals surface area contributed by atoms with Crippen LogP contribution in [0.15, 0.2) is 42.5 Å². The molecule has 5 aliphatic carbocycles. The van der Waals surface area contributed by atoms with E-state index in [0.29, 0.717) is 17.8 Å². The number of benzene rings is 1. The minimum absolute atomic E-state index is 0.0324. The molecule has 4 bridgehead atoms. The van der Waals surface area contributed by atoms with E-state index in [2.05, 4.69) is 42.5 Å². The van der Waals surface area contributed by atoms with Crippen LogP contribution >= 0.6 is 0 Å². The average Bonchev–Trinajstić information content (AvgIpc) is 3.46. The van der Waals surface area contributed by atoms with Gasteiger partial charge >= 0.3 is 0 Å². The van der Waals surface area contributed by atoms with Gasteiger partial charge in [0.1, 0.15) is 0 Å². The van der Waals surface area contributed by atoms with E-state index in [-0.39, 0.29) is 11.3 Å². The number of allylic oxidation sites excluding steroid dienone is 1. The van der Waals surface area contributed by atoms with Gasteiger partial charge in [0.15, 0.2) is 0 Å². The summed E-state index contributed by atoms with van der Waals surface area (Å²) in [6.45, 7) is 0. The molecule has 0 saturated heterocycles. The van der Waals surface area contributed by atoms with Crippen molar-refractivity contribution in [3.05, 3.63) is 48.0 Å². The van der Waals surface area contributed by atoms with E-state index in [0.717, 1.165) is 24.2 Å². The Bertz CT molecular complexity index is 794. The van der Waals surface area contributed by atoms with Crippen LogP contribution in [0.5, 0.6) is 0 Å². The fourth-order valence-corrected chi connectivity index (χ4v) is 9.05. The molecule has 7 unspecified atom stereocenters. The molecule has 27 heavy (non-hydrogen) atoms. The summed E-state index contributed by atoms with van der Waals surface area (Å²) in [4.78, 5) is 12.9. The van der Waals surface area contributed by atoms with Crippen LogP contribution in [0.25, 0.3) is 0 Å². The maximum Gasteiger partial charge on any atom is 0.228 e. The van der Waals surface area contributed by atoms with Crippen LogP contribution in [0.1, 0.15) is 56.9 Å². The first-order valence-electron chi connectivity index (χ1n) is 11.2. The smallest absolute Gasteiger partial charge is 0.228 e. The van der Waals surface area contributed by atoms with Gasteiger partial charge in [0, 0.05) is 5.41 Å². The summed E-state index contributed by atoms with van der Waals surface area (Å²) in [5, 5.41) is 0. The number of hydrogen-bond donors (Lipinski definition) is 1. The summed E-state index contributed by atoms with van der Waals surface area (Å²) in [7, 11) is 0. The van der Waals surface area contributed by atoms with E-state index in [1.165, 1.54) is 50.5 Å². The maximum absolute atomic E-state index is 12.9. The van der Waals surface area contributed by atoms with Crippen LogP contribution in [-0.2, 0) is 10.2 Å². The van der Waals surface area contributed by atoms with Gasteiger partial charge in [-0.1, -0.05) is 74.6 Å². The van der Waals surface area contributed by atoms with Gasteiger partial charge in [-0.2, -0.15) is 0 Å². The summed E-state index contributed by atoms with van der Waals surface area (Å²) in [6.07, 6.45) is 15.4. The Balaban J connectivity index is 1.48. The molecule has 0 aliphatic heterocycles. The summed E-state index contributed by atoms with van der Waals surface area (Å²) >= 11 is 0. The van der Waals surface area contributed by atoms with Crippen LogP contribution in [0, 0.1) is 40.9 Å². The van der Waals surface area contributed by atoms with Crippen molar-refractivity contribution in [2.24, 2.45) is 46.7 Å². The lowest BCUT2D eigenvalue weighted by molar-refractivity contribution is -0.130. The molecule has 1 aromatic carbocycles. The topological polar surface area (TPSA) is 43.1 Å². The lowest BCUT2D eigenvalue weighted by Gasteiger charge is -2.53. The molecular weight excluding hydrogens is 330 g/mol. The number of primary amides is 1. The van der Waals surface area contributed by atoms with Crippen LogP contribution in [0.2, 0.25) is 0 Å². The molecule has 4 fully saturated rings. The highest BCUT2D eigenvalue weighted by atomic mass is 16.1. The van der Waals surface area contributed by atoms with E-state index in [1.807, 2.05) is 0 Å². The Hall–Kier alpha value is -1.57. The SMILES string of the molecule is NC(=O)C12C=CC(C1)C1C3CC(CC3C3CCCCC3)C12c1ccccc1. The van der Waals surface area contributed by atoms with Crippen molar-refractivity contribution in [3.63, 3.8) is 0 Å². The zero-order valence-corrected chi connectivity index (χ0v) is 16.1. The van der Waals surface area contributed by atoms with Gasteiger partial charge in [-0.05, 0) is 60.3 Å². The molecule has 2 heteroatoms. The fourth-order valence-electron chi connectivity index (χ4n) is 9.05. The molecule has 1 amide bonds. The van der Waals surface area contributed by atoms with Crippen LogP contribution in [0.3, 0.4) is 0 Å². The van der Waals surface area contributed by atoms with Crippen LogP contribution in [0.4, 0.5) is 0 Å². The average molecular weight is 362 g/mol. The van der Waals surface area contributed by atoms with Gasteiger partial charge in [0.05, 0.1) is 5.41 Å². The predicted octanol–water partition coefficient (Wildman–Crippen LogP) is 4.84. The number of fused-ring (bicyclic) bond motifs is 9. The zero-order chi connectivity index (χ0) is 18.2. The van der Waals surface area contributed by atoms with Gasteiger partial charge in [-0.15, -0.1) is 0 Å². The van der Waals surface area contributed by atoms with Crippen molar-refractivity contribution >= 4 is 5.91 Å². The minimum Gasteiger partial charge on any atom is -0.369 e. The Morgan fingerprint density at radius 3 is 2.48 bits per heavy atom. The minimum atomic E-state index is -0.444. The third kappa shape index (κ3) is 1.81. The molecule has 1 aromatic rings. The Kier molecular flexibility index (Phi) is 3.33. The van der Waals surface area contributed by atoms with E-state index < -0.39 is 5.41 Å². The number of nitrogens with two attached hydrogens (primary N) is 1. The number of carbonyl (C=O) groups excluding carboxylic acids is 1. The molecule has 4 saturated carbocycles. The van der Waals surface area contributed by atoms with E-state index in [1.54, 1.807) is 0 Å². The third-order valence-electron chi connectivity index (χ3n) is 9.63. The molecule has 6 rings (SSSR count). The summed E-state index contributed by atoms with van der Waals surface area (Å²) in [6, 6.07) is 11.0. The first-order chi connectivity index (χ1) is 13.2. The van der Waals surface area contributed by atoms with Gasteiger partial charge in [0.25, 0.3) is 0 Å². The number of rotatable bonds is 3. The largest absolute Gasteiger partial charge is 0.369 e. The van der Waals surface area contributed by atoms with Crippen molar-refractivity contribution in [1.29, 1.82) is 0 Å². The Morgan fingerprint density at radius 1 is 1.00 bits per heavy atom. The molecule has 0 heterocycles. The summed E-state index contributed by atoms with van der Waals surface area (Å²) in [5.74, 6) is 4.38. The predicted molar refractivity (Wildman–Crippen MR) is 107 cm³/mol. The van der Waals surface area contributed by atoms with Gasteiger partial charge < -0.3 is 5.73 Å². The first kappa shape index (κ1) is 16.4. The van der Waals surface area contributed by atoms with E-state index in [9.17, 15) is 4.79 Å². The van der Waals surface area contributed by atoms with Gasteiger partial charge in [-0.25, -0.2) is 0 Å². The monoisotopic (exact) mass is 361 g/mol. The van der Waals surface area contributed by atoms with Crippen molar-refractivity contribution < 1.29 is 4.79 Å². The van der Waals surface area contributed by atoms with Crippen LogP contribution in [-0.4, -0.2) is 5.91 Å². The van der Waals surface area contributed by atoms with Gasteiger partial charge in [0.2, 0.25) is 5.91 Å². The Morgan fingerprint density at radius 2 is 1.74 bits per heavy atom. The first-order valence-corrected chi connectivity index (χ1v) is 11.2. The van der Waals surface area contributed by atoms with E-state index in [4.69, 9.17) is 5.73 Å². The Labute approximate surface area is 162 Å². The lowest BCUT2D eigenvalue weighted by atomic mass is 9.49. The third-order valence-corrected chi connectivity index (χ3v) is 9.63. The van der Waals surface area contributed by atoms with Crippen molar-refractivity contribution in [2.45, 2.75) is 56.8 Å². The fraction of sp³-hybridized carbons (Fsp3) is 0.640. The quantitative estimate of drug-likeness (QED) is 0.608. The maximum atomic E-state index is 12.9. The highest BCUT2D eigenvalue weighted by Crippen LogP contribution is 2.78. The number of hydrogen-bond acceptors (Lipinski definition) is 1. The molecule has 5 aliphatic rings. The molecule has 0 spiro atoms. The molecule has 2 N–H and O–H groups in total. The zero-order valence-electron chi connectivity index (χ0n) is 16.1. The number of carbonyl (C=O) groups is 1. The number of amides is 1. The van der Waals surface area contributed by atoms with Crippen molar-refractivity contribution in [3.8, 4) is 0 Å². The molecule has 2 nitrogen and oxygen atoms in total. The second-order valence-corrected chi connectivity index (χ2v) is 10.2. The standard InChI is InChI=1S/C25H31NO/c26-23(27)24-12-11-17(15-24)22-21-14-19(13-20(21)16-7-3-1-4-8-16)25(22,24)18-9-5-2-6-10-18/h2,5-6,9-12,16-17,19-22H,1,3-4,7-8,13-15H2,(H2,26,27). The van der Waals surface area contributed by atoms with Crippen molar-refractivity contribution in [1.82, 2.24) is 0 Å². The second-order valence-electron chi connectivity index (χ2n) is 10.2. The van der Waals surface area contributed by atoms with Crippen LogP contribution < -0.4 is 5.73 Å². The second kappa shape index (κ2) is 5.49. The molecule has 0 aromatic heterocycles. The summed E-state index contributed by atoms with van der Waals surface area (Å²) in [5.41, 5.74) is 7.09.